The molecular weight excluding hydrogens is 220 g/mol. The molecule has 96 valence electrons. The predicted molar refractivity (Wildman–Crippen MR) is 62.6 cm³/mol. The Bertz CT molecular complexity index is 300. The second-order valence-electron chi connectivity index (χ2n) is 4.77. The van der Waals surface area contributed by atoms with Crippen molar-refractivity contribution < 1.29 is 14.7 Å². The molecule has 0 aromatic heterocycles. The van der Waals surface area contributed by atoms with Gasteiger partial charge in [0, 0.05) is 26.1 Å². The van der Waals surface area contributed by atoms with Gasteiger partial charge in [0.25, 0.3) is 0 Å². The van der Waals surface area contributed by atoms with E-state index in [1.807, 2.05) is 4.90 Å². The molecular formula is C12H20N2O3. The molecule has 0 aromatic rings. The molecule has 5 heteroatoms. The summed E-state index contributed by atoms with van der Waals surface area (Å²) in [5.41, 5.74) is 0. The van der Waals surface area contributed by atoms with Crippen molar-refractivity contribution in [2.24, 2.45) is 0 Å². The van der Waals surface area contributed by atoms with Gasteiger partial charge in [0.2, 0.25) is 0 Å². The second kappa shape index (κ2) is 5.49. The van der Waals surface area contributed by atoms with E-state index in [2.05, 4.69) is 0 Å². The van der Waals surface area contributed by atoms with Gasteiger partial charge in [-0.25, -0.2) is 4.79 Å². The van der Waals surface area contributed by atoms with E-state index in [0.717, 1.165) is 38.8 Å². The highest BCUT2D eigenvalue weighted by molar-refractivity contribution is 5.89. The Labute approximate surface area is 101 Å². The van der Waals surface area contributed by atoms with Crippen LogP contribution in [-0.2, 0) is 4.79 Å². The summed E-state index contributed by atoms with van der Waals surface area (Å²) in [5.74, 6) is -0.00227. The van der Waals surface area contributed by atoms with Gasteiger partial charge in [0.15, 0.2) is 5.78 Å². The fourth-order valence-corrected chi connectivity index (χ4v) is 2.70. The zero-order valence-corrected chi connectivity index (χ0v) is 10.1. The Morgan fingerprint density at radius 2 is 1.82 bits per heavy atom. The lowest BCUT2D eigenvalue weighted by Gasteiger charge is -2.28. The number of hydrogen-bond acceptors (Lipinski definition) is 3. The number of likely N-dealkylation sites (tertiary alicyclic amines) is 2. The lowest BCUT2D eigenvalue weighted by atomic mass is 10.1. The van der Waals surface area contributed by atoms with Crippen LogP contribution in [-0.4, -0.2) is 59.0 Å². The standard InChI is InChI=1S/C12H20N2O3/c15-9-5-11(16)10-4-3-8-14(10)12(17)13-6-1-2-7-13/h10,15H,1-9H2. The SMILES string of the molecule is O=C(CCO)C1CCCN1C(=O)N1CCCC1. The monoisotopic (exact) mass is 240 g/mol. The first-order chi connectivity index (χ1) is 8.24. The van der Waals surface area contributed by atoms with Gasteiger partial charge in [-0.3, -0.25) is 4.79 Å². The highest BCUT2D eigenvalue weighted by Gasteiger charge is 2.36. The first kappa shape index (κ1) is 12.4. The molecule has 2 fully saturated rings. The van der Waals surface area contributed by atoms with E-state index in [9.17, 15) is 9.59 Å². The van der Waals surface area contributed by atoms with E-state index in [-0.39, 0.29) is 30.9 Å². The molecule has 2 heterocycles. The number of carbonyl (C=O) groups excluding carboxylic acids is 2. The van der Waals surface area contributed by atoms with Gasteiger partial charge >= 0.3 is 6.03 Å². The van der Waals surface area contributed by atoms with E-state index < -0.39 is 0 Å². The summed E-state index contributed by atoms with van der Waals surface area (Å²) < 4.78 is 0. The highest BCUT2D eigenvalue weighted by Crippen LogP contribution is 2.22. The molecule has 1 N–H and O–H groups in total. The van der Waals surface area contributed by atoms with Crippen LogP contribution in [0.1, 0.15) is 32.1 Å². The van der Waals surface area contributed by atoms with Crippen LogP contribution in [0.5, 0.6) is 0 Å². The van der Waals surface area contributed by atoms with E-state index in [0.29, 0.717) is 6.54 Å². The summed E-state index contributed by atoms with van der Waals surface area (Å²) in [6.07, 6.45) is 3.93. The quantitative estimate of drug-likeness (QED) is 0.786. The van der Waals surface area contributed by atoms with Crippen LogP contribution in [0.4, 0.5) is 4.79 Å². The van der Waals surface area contributed by atoms with Gasteiger partial charge in [-0.05, 0) is 25.7 Å². The molecule has 1 unspecified atom stereocenters. The van der Waals surface area contributed by atoms with Crippen LogP contribution in [0.3, 0.4) is 0 Å². The first-order valence-electron chi connectivity index (χ1n) is 6.43. The lowest BCUT2D eigenvalue weighted by molar-refractivity contribution is -0.123. The van der Waals surface area contributed by atoms with Crippen LogP contribution in [0.15, 0.2) is 0 Å². The number of hydrogen-bond donors (Lipinski definition) is 1. The Morgan fingerprint density at radius 3 is 2.47 bits per heavy atom. The second-order valence-corrected chi connectivity index (χ2v) is 4.77. The normalized spacial score (nSPS) is 24.4. The lowest BCUT2D eigenvalue weighted by Crippen LogP contribution is -2.47. The Balaban J connectivity index is 1.98. The minimum atomic E-state index is -0.296. The summed E-state index contributed by atoms with van der Waals surface area (Å²) in [6, 6.07) is -0.286. The topological polar surface area (TPSA) is 60.9 Å². The molecule has 0 aromatic carbocycles. The van der Waals surface area contributed by atoms with Crippen molar-refractivity contribution in [1.82, 2.24) is 9.80 Å². The molecule has 0 saturated carbocycles. The van der Waals surface area contributed by atoms with Crippen LogP contribution in [0.2, 0.25) is 0 Å². The molecule has 1 atom stereocenters. The Hall–Kier alpha value is -1.10. The fraction of sp³-hybridized carbons (Fsp3) is 0.833. The molecule has 2 aliphatic rings. The summed E-state index contributed by atoms with van der Waals surface area (Å²) in [7, 11) is 0. The molecule has 2 rings (SSSR count). The number of rotatable bonds is 3. The van der Waals surface area contributed by atoms with E-state index in [1.54, 1.807) is 4.90 Å². The smallest absolute Gasteiger partial charge is 0.320 e. The van der Waals surface area contributed by atoms with Gasteiger partial charge in [-0.2, -0.15) is 0 Å². The summed E-state index contributed by atoms with van der Waals surface area (Å²) in [4.78, 5) is 27.5. The number of Topliss-reactive ketones (excluding diaryl/α,β-unsaturated/α-hetero) is 1. The number of aliphatic hydroxyl groups excluding tert-OH is 1. The molecule has 0 aliphatic carbocycles. The van der Waals surface area contributed by atoms with Crippen molar-refractivity contribution in [2.75, 3.05) is 26.2 Å². The molecule has 5 nitrogen and oxygen atoms in total. The maximum Gasteiger partial charge on any atom is 0.320 e. The molecule has 17 heavy (non-hydrogen) atoms. The minimum Gasteiger partial charge on any atom is -0.396 e. The summed E-state index contributed by atoms with van der Waals surface area (Å²) in [5, 5.41) is 8.80. The van der Waals surface area contributed by atoms with Crippen molar-refractivity contribution in [3.8, 4) is 0 Å². The number of aliphatic hydroxyl groups is 1. The van der Waals surface area contributed by atoms with Crippen LogP contribution >= 0.6 is 0 Å². The molecule has 0 radical (unpaired) electrons. The average molecular weight is 240 g/mol. The van der Waals surface area contributed by atoms with Gasteiger partial charge < -0.3 is 14.9 Å². The van der Waals surface area contributed by atoms with Crippen LogP contribution in [0, 0.1) is 0 Å². The van der Waals surface area contributed by atoms with Crippen LogP contribution in [0.25, 0.3) is 0 Å². The number of carbonyl (C=O) groups is 2. The van der Waals surface area contributed by atoms with Gasteiger partial charge in [-0.15, -0.1) is 0 Å². The van der Waals surface area contributed by atoms with Gasteiger partial charge in [0.1, 0.15) is 0 Å². The average Bonchev–Trinajstić information content (AvgIpc) is 3.00. The minimum absolute atomic E-state index is 0.00227. The van der Waals surface area contributed by atoms with Crippen molar-refractivity contribution in [3.63, 3.8) is 0 Å². The van der Waals surface area contributed by atoms with E-state index in [4.69, 9.17) is 5.11 Å². The highest BCUT2D eigenvalue weighted by atomic mass is 16.3. The van der Waals surface area contributed by atoms with Gasteiger partial charge in [0.05, 0.1) is 12.6 Å². The number of nitrogens with zero attached hydrogens (tertiary/aromatic N) is 2. The summed E-state index contributed by atoms with van der Waals surface area (Å²) in [6.45, 7) is 2.19. The maximum absolute atomic E-state index is 12.2. The zero-order valence-electron chi connectivity index (χ0n) is 10.1. The number of amides is 2. The molecule has 2 saturated heterocycles. The van der Waals surface area contributed by atoms with Crippen molar-refractivity contribution >= 4 is 11.8 Å². The molecule has 2 amide bonds. The van der Waals surface area contributed by atoms with Crippen molar-refractivity contribution in [3.05, 3.63) is 0 Å². The third kappa shape index (κ3) is 2.60. The van der Waals surface area contributed by atoms with Crippen molar-refractivity contribution in [1.29, 1.82) is 0 Å². The predicted octanol–water partition coefficient (Wildman–Crippen LogP) is 0.618. The zero-order chi connectivity index (χ0) is 12.3. The Morgan fingerprint density at radius 1 is 1.12 bits per heavy atom. The molecule has 2 aliphatic heterocycles. The number of ketones is 1. The summed E-state index contributed by atoms with van der Waals surface area (Å²) >= 11 is 0. The maximum atomic E-state index is 12.2. The van der Waals surface area contributed by atoms with Crippen molar-refractivity contribution in [2.45, 2.75) is 38.1 Å². The third-order valence-corrected chi connectivity index (χ3v) is 3.60. The Kier molecular flexibility index (Phi) is 3.99. The third-order valence-electron chi connectivity index (χ3n) is 3.60. The number of urea groups is 1. The largest absolute Gasteiger partial charge is 0.396 e. The van der Waals surface area contributed by atoms with Crippen LogP contribution < -0.4 is 0 Å². The first-order valence-corrected chi connectivity index (χ1v) is 6.43. The molecule has 0 bridgehead atoms. The van der Waals surface area contributed by atoms with E-state index in [1.165, 1.54) is 0 Å². The van der Waals surface area contributed by atoms with Gasteiger partial charge in [-0.1, -0.05) is 0 Å². The van der Waals surface area contributed by atoms with E-state index >= 15 is 0 Å². The fourth-order valence-electron chi connectivity index (χ4n) is 2.70. The molecule has 0 spiro atoms.